The van der Waals surface area contributed by atoms with E-state index in [2.05, 4.69) is 36.6 Å². The van der Waals surface area contributed by atoms with Crippen molar-refractivity contribution in [2.75, 3.05) is 48.7 Å². The molecule has 2 fully saturated rings. The number of hydrogen-bond acceptors (Lipinski definition) is 7. The first kappa shape index (κ1) is 20.2. The highest BCUT2D eigenvalue weighted by molar-refractivity contribution is 5.94. The normalized spacial score (nSPS) is 22.5. The zero-order valence-electron chi connectivity index (χ0n) is 18.3. The van der Waals surface area contributed by atoms with E-state index in [1.165, 1.54) is 25.9 Å². The molecule has 3 N–H and O–H groups in total. The van der Waals surface area contributed by atoms with Crippen molar-refractivity contribution in [3.8, 4) is 0 Å². The van der Waals surface area contributed by atoms with Crippen molar-refractivity contribution >= 4 is 23.4 Å². The van der Waals surface area contributed by atoms with Crippen LogP contribution in [-0.2, 0) is 11.3 Å². The van der Waals surface area contributed by atoms with Crippen LogP contribution in [0.1, 0.15) is 62.3 Å². The lowest BCUT2D eigenvalue weighted by Gasteiger charge is -2.35. The molecule has 0 bridgehead atoms. The summed E-state index contributed by atoms with van der Waals surface area (Å²) in [7, 11) is 0. The second-order valence-corrected chi connectivity index (χ2v) is 9.14. The molecular weight excluding hydrogens is 392 g/mol. The molecular formula is C22H32N8O. The number of carbonyl (C=O) groups excluding carboxylic acids is 1. The standard InChI is InChI=1S/C22H32N8O/c1-15-12-18(31)27-20-19(15)22(25-14-24-20)29-8-4-16(5-9-29)21-26-17(23)13-30(21)11-10-28-6-2-3-7-28/h13-16H,2-12,23H2,1H3,(H,24,25,27,31)/t15-/m1/s1. The molecule has 2 saturated heterocycles. The average molecular weight is 425 g/mol. The van der Waals surface area contributed by atoms with Gasteiger partial charge < -0.3 is 25.4 Å². The van der Waals surface area contributed by atoms with Crippen LogP contribution in [0.2, 0.25) is 0 Å². The average Bonchev–Trinajstić information content (AvgIpc) is 3.41. The SMILES string of the molecule is C[C@@H]1CC(=O)Nc2ncnc(N3CCC(c4nc(N)cn4CCN4CCCC4)CC3)c21. The molecule has 0 unspecified atom stereocenters. The summed E-state index contributed by atoms with van der Waals surface area (Å²) < 4.78 is 2.28. The van der Waals surface area contributed by atoms with Crippen LogP contribution in [0.3, 0.4) is 0 Å². The van der Waals surface area contributed by atoms with Crippen molar-refractivity contribution in [3.63, 3.8) is 0 Å². The molecule has 5 rings (SSSR count). The lowest BCUT2D eigenvalue weighted by Crippen LogP contribution is -2.36. The van der Waals surface area contributed by atoms with Gasteiger partial charge in [-0.1, -0.05) is 6.92 Å². The van der Waals surface area contributed by atoms with E-state index in [4.69, 9.17) is 10.7 Å². The summed E-state index contributed by atoms with van der Waals surface area (Å²) in [5.41, 5.74) is 7.15. The van der Waals surface area contributed by atoms with Gasteiger partial charge in [0.05, 0.1) is 0 Å². The minimum atomic E-state index is 0.0294. The Morgan fingerprint density at radius 2 is 1.90 bits per heavy atom. The lowest BCUT2D eigenvalue weighted by atomic mass is 9.92. The molecule has 166 valence electrons. The molecule has 3 aliphatic rings. The molecule has 0 saturated carbocycles. The predicted octanol–water partition coefficient (Wildman–Crippen LogP) is 2.18. The van der Waals surface area contributed by atoms with E-state index in [0.717, 1.165) is 56.2 Å². The Hall–Kier alpha value is -2.68. The van der Waals surface area contributed by atoms with E-state index >= 15 is 0 Å². The minimum Gasteiger partial charge on any atom is -0.382 e. The third kappa shape index (κ3) is 4.11. The van der Waals surface area contributed by atoms with Crippen LogP contribution in [0, 0.1) is 0 Å². The number of piperidine rings is 1. The second kappa shape index (κ2) is 8.45. The largest absolute Gasteiger partial charge is 0.382 e. The van der Waals surface area contributed by atoms with Gasteiger partial charge in [-0.05, 0) is 44.7 Å². The number of anilines is 3. The Morgan fingerprint density at radius 1 is 1.13 bits per heavy atom. The molecule has 0 radical (unpaired) electrons. The molecule has 2 aromatic heterocycles. The molecule has 1 amide bonds. The zero-order valence-corrected chi connectivity index (χ0v) is 18.3. The monoisotopic (exact) mass is 424 g/mol. The van der Waals surface area contributed by atoms with Gasteiger partial charge in [0.25, 0.3) is 0 Å². The van der Waals surface area contributed by atoms with Gasteiger partial charge in [0.15, 0.2) is 0 Å². The van der Waals surface area contributed by atoms with Gasteiger partial charge in [-0.2, -0.15) is 0 Å². The third-order valence-electron chi connectivity index (χ3n) is 6.95. The van der Waals surface area contributed by atoms with Crippen molar-refractivity contribution in [2.45, 2.75) is 57.4 Å². The van der Waals surface area contributed by atoms with Gasteiger partial charge in [0.1, 0.15) is 29.6 Å². The predicted molar refractivity (Wildman–Crippen MR) is 120 cm³/mol. The number of rotatable bonds is 5. The van der Waals surface area contributed by atoms with Crippen molar-refractivity contribution in [3.05, 3.63) is 23.9 Å². The first-order valence-corrected chi connectivity index (χ1v) is 11.5. The van der Waals surface area contributed by atoms with Gasteiger partial charge in [0, 0.05) is 50.3 Å². The first-order chi connectivity index (χ1) is 15.1. The van der Waals surface area contributed by atoms with E-state index in [0.29, 0.717) is 24.0 Å². The lowest BCUT2D eigenvalue weighted by molar-refractivity contribution is -0.116. The van der Waals surface area contributed by atoms with Gasteiger partial charge in [-0.25, -0.2) is 15.0 Å². The number of aromatic nitrogens is 4. The number of carbonyl (C=O) groups is 1. The Kier molecular flexibility index (Phi) is 5.52. The molecule has 5 heterocycles. The number of fused-ring (bicyclic) bond motifs is 1. The number of nitrogens with two attached hydrogens (primary N) is 1. The molecule has 0 aromatic carbocycles. The van der Waals surface area contributed by atoms with Crippen LogP contribution >= 0.6 is 0 Å². The maximum atomic E-state index is 11.9. The first-order valence-electron chi connectivity index (χ1n) is 11.5. The Morgan fingerprint density at radius 3 is 2.68 bits per heavy atom. The molecule has 0 aliphatic carbocycles. The number of nitrogens with one attached hydrogen (secondary N) is 1. The quantitative estimate of drug-likeness (QED) is 0.758. The summed E-state index contributed by atoms with van der Waals surface area (Å²) in [5, 5.41) is 2.90. The van der Waals surface area contributed by atoms with Crippen LogP contribution in [0.15, 0.2) is 12.5 Å². The fraction of sp³-hybridized carbons (Fsp3) is 0.636. The van der Waals surface area contributed by atoms with Crippen LogP contribution in [-0.4, -0.2) is 63.0 Å². The maximum Gasteiger partial charge on any atom is 0.226 e. The summed E-state index contributed by atoms with van der Waals surface area (Å²) in [6.07, 6.45) is 8.70. The number of nitrogens with zero attached hydrogens (tertiary/aromatic N) is 6. The topological polar surface area (TPSA) is 105 Å². The van der Waals surface area contributed by atoms with Gasteiger partial charge in [-0.15, -0.1) is 0 Å². The fourth-order valence-corrected chi connectivity index (χ4v) is 5.32. The van der Waals surface area contributed by atoms with E-state index < -0.39 is 0 Å². The van der Waals surface area contributed by atoms with Gasteiger partial charge >= 0.3 is 0 Å². The van der Waals surface area contributed by atoms with Crippen LogP contribution in [0.25, 0.3) is 0 Å². The molecule has 2 aromatic rings. The van der Waals surface area contributed by atoms with Crippen molar-refractivity contribution < 1.29 is 4.79 Å². The highest BCUT2D eigenvalue weighted by Crippen LogP contribution is 2.38. The molecule has 9 heteroatoms. The van der Waals surface area contributed by atoms with Gasteiger partial charge in [-0.3, -0.25) is 4.79 Å². The minimum absolute atomic E-state index is 0.0294. The number of likely N-dealkylation sites (tertiary alicyclic amines) is 1. The van der Waals surface area contributed by atoms with Crippen LogP contribution < -0.4 is 16.0 Å². The number of hydrogen-bond donors (Lipinski definition) is 2. The summed E-state index contributed by atoms with van der Waals surface area (Å²) in [6, 6.07) is 0. The Balaban J connectivity index is 1.28. The number of amides is 1. The second-order valence-electron chi connectivity index (χ2n) is 9.14. The van der Waals surface area contributed by atoms with Crippen molar-refractivity contribution in [2.24, 2.45) is 0 Å². The summed E-state index contributed by atoms with van der Waals surface area (Å²) in [5.74, 6) is 3.94. The molecule has 31 heavy (non-hydrogen) atoms. The molecule has 9 nitrogen and oxygen atoms in total. The van der Waals surface area contributed by atoms with Crippen LogP contribution in [0.5, 0.6) is 0 Å². The summed E-state index contributed by atoms with van der Waals surface area (Å²) in [6.45, 7) is 8.34. The summed E-state index contributed by atoms with van der Waals surface area (Å²) in [4.78, 5) is 30.4. The maximum absolute atomic E-state index is 11.9. The van der Waals surface area contributed by atoms with E-state index in [-0.39, 0.29) is 11.8 Å². The third-order valence-corrected chi connectivity index (χ3v) is 6.95. The number of nitrogen functional groups attached to an aromatic ring is 1. The Bertz CT molecular complexity index is 943. The van der Waals surface area contributed by atoms with Crippen molar-refractivity contribution in [1.29, 1.82) is 0 Å². The smallest absolute Gasteiger partial charge is 0.226 e. The van der Waals surface area contributed by atoms with Crippen molar-refractivity contribution in [1.82, 2.24) is 24.4 Å². The summed E-state index contributed by atoms with van der Waals surface area (Å²) >= 11 is 0. The van der Waals surface area contributed by atoms with E-state index in [9.17, 15) is 4.79 Å². The number of imidazole rings is 1. The molecule has 1 atom stereocenters. The zero-order chi connectivity index (χ0) is 21.4. The van der Waals surface area contributed by atoms with E-state index in [1.54, 1.807) is 6.33 Å². The Labute approximate surface area is 183 Å². The molecule has 3 aliphatic heterocycles. The van der Waals surface area contributed by atoms with Gasteiger partial charge in [0.2, 0.25) is 5.91 Å². The highest BCUT2D eigenvalue weighted by atomic mass is 16.1. The molecule has 0 spiro atoms. The van der Waals surface area contributed by atoms with Crippen LogP contribution in [0.4, 0.5) is 17.5 Å². The fourth-order valence-electron chi connectivity index (χ4n) is 5.32. The van der Waals surface area contributed by atoms with E-state index in [1.807, 2.05) is 6.20 Å². The highest BCUT2D eigenvalue weighted by Gasteiger charge is 2.31.